The molecule has 0 bridgehead atoms. The van der Waals surface area contributed by atoms with Crippen molar-refractivity contribution in [2.75, 3.05) is 19.8 Å². The van der Waals surface area contributed by atoms with Crippen LogP contribution in [0.4, 0.5) is 0 Å². The summed E-state index contributed by atoms with van der Waals surface area (Å²) in [4.78, 5) is 0. The summed E-state index contributed by atoms with van der Waals surface area (Å²) in [5.41, 5.74) is 0. The summed E-state index contributed by atoms with van der Waals surface area (Å²) >= 11 is 0. The third-order valence-electron chi connectivity index (χ3n) is 0.849. The lowest BCUT2D eigenvalue weighted by Gasteiger charge is -2.10. The van der Waals surface area contributed by atoms with Crippen LogP contribution in [0.2, 0.25) is 0 Å². The molecule has 0 aliphatic carbocycles. The van der Waals surface area contributed by atoms with Crippen molar-refractivity contribution in [1.29, 1.82) is 0 Å². The van der Waals surface area contributed by atoms with Gasteiger partial charge in [-0.15, -0.1) is 9.24 Å². The fourth-order valence-electron chi connectivity index (χ4n) is 0. The molecule has 0 spiro atoms. The van der Waals surface area contributed by atoms with Crippen LogP contribution in [0, 0.1) is 0 Å². The molecule has 7 heteroatoms. The molecule has 6 N–H and O–H groups in total. The Bertz CT molecular complexity index is 116. The molecular weight excluding hydrogens is 235 g/mol. The first-order chi connectivity index (χ1) is 7.10. The highest BCUT2D eigenvalue weighted by Crippen LogP contribution is 2.09. The Morgan fingerprint density at radius 2 is 1.12 bits per heavy atom. The number of hydrogen-bond donors (Lipinski definition) is 6. The maximum atomic E-state index is 8.54. The van der Waals surface area contributed by atoms with Gasteiger partial charge in [-0.2, -0.15) is 0 Å². The second kappa shape index (κ2) is 13.3. The molecule has 0 aromatic rings. The molecule has 4 unspecified atom stereocenters. The van der Waals surface area contributed by atoms with Crippen molar-refractivity contribution in [3.63, 3.8) is 0 Å². The van der Waals surface area contributed by atoms with Crippen LogP contribution in [-0.2, 0) is 0 Å². The van der Waals surface area contributed by atoms with Crippen LogP contribution in [0.25, 0.3) is 0 Å². The molecule has 0 aromatic heterocycles. The lowest BCUT2D eigenvalue weighted by Crippen LogP contribution is -2.18. The van der Waals surface area contributed by atoms with Crippen molar-refractivity contribution in [3.8, 4) is 0 Å². The van der Waals surface area contributed by atoms with E-state index in [-0.39, 0.29) is 19.8 Å². The van der Waals surface area contributed by atoms with Crippen molar-refractivity contribution in [1.82, 2.24) is 0 Å². The predicted molar refractivity (Wildman–Crippen MR) is 65.0 cm³/mol. The molecule has 0 saturated carbocycles. The van der Waals surface area contributed by atoms with Gasteiger partial charge in [0.1, 0.15) is 0 Å². The zero-order chi connectivity index (χ0) is 13.8. The lowest BCUT2D eigenvalue weighted by molar-refractivity contribution is 0.0795. The Morgan fingerprint density at radius 1 is 1.00 bits per heavy atom. The Balaban J connectivity index is -0.000000160. The zero-order valence-corrected chi connectivity index (χ0v) is 11.2. The van der Waals surface area contributed by atoms with Crippen molar-refractivity contribution in [3.05, 3.63) is 0 Å². The monoisotopic (exact) mass is 260 g/mol. The van der Waals surface area contributed by atoms with Crippen LogP contribution in [0.5, 0.6) is 0 Å². The number of aliphatic hydroxyl groups is 6. The van der Waals surface area contributed by atoms with Gasteiger partial charge >= 0.3 is 0 Å². The summed E-state index contributed by atoms with van der Waals surface area (Å²) in [5.74, 6) is 0. The van der Waals surface area contributed by atoms with Crippen molar-refractivity contribution in [2.45, 2.75) is 38.3 Å². The van der Waals surface area contributed by atoms with Crippen molar-refractivity contribution in [2.24, 2.45) is 0 Å². The smallest absolute Gasteiger partial charge is 0.0978 e. The standard InChI is InChI=1S/C3H9O2P.2C3H8O2/c1-3(5,6)2-4;2*1-3(5)2-4/h4-5H,2,6H2,1H3;2*3-5H,2H2,1H3. The van der Waals surface area contributed by atoms with Crippen LogP contribution in [0.15, 0.2) is 0 Å². The zero-order valence-electron chi connectivity index (χ0n) is 10.0. The molecule has 16 heavy (non-hydrogen) atoms. The Morgan fingerprint density at radius 3 is 1.12 bits per heavy atom. The quantitative estimate of drug-likeness (QED) is 0.336. The fourth-order valence-corrected chi connectivity index (χ4v) is 0. The van der Waals surface area contributed by atoms with E-state index in [1.165, 1.54) is 20.8 Å². The second-order valence-electron chi connectivity index (χ2n) is 3.58. The summed E-state index contributed by atoms with van der Waals surface area (Å²) in [6, 6.07) is 0. The van der Waals surface area contributed by atoms with Crippen LogP contribution < -0.4 is 0 Å². The third-order valence-corrected chi connectivity index (χ3v) is 1.03. The third kappa shape index (κ3) is 47.8. The van der Waals surface area contributed by atoms with E-state index in [0.717, 1.165) is 0 Å². The van der Waals surface area contributed by atoms with E-state index in [9.17, 15) is 0 Å². The Kier molecular flexibility index (Phi) is 17.8. The molecule has 0 rings (SSSR count). The highest BCUT2D eigenvalue weighted by atomic mass is 31.0. The molecule has 0 heterocycles. The molecule has 0 radical (unpaired) electrons. The molecule has 102 valence electrons. The summed E-state index contributed by atoms with van der Waals surface area (Å²) in [5, 5.41) is 47.7. The predicted octanol–water partition coefficient (Wildman–Crippen LogP) is -1.72. The van der Waals surface area contributed by atoms with Gasteiger partial charge < -0.3 is 30.6 Å². The summed E-state index contributed by atoms with van der Waals surface area (Å²) in [6.45, 7) is 4.08. The van der Waals surface area contributed by atoms with Gasteiger partial charge in [-0.3, -0.25) is 0 Å². The summed E-state index contributed by atoms with van der Waals surface area (Å²) in [6.07, 6.45) is -1.12. The Hall–Kier alpha value is 0.190. The number of hydrogen-bond acceptors (Lipinski definition) is 6. The molecule has 0 fully saturated rings. The molecular formula is C9H25O6P. The maximum Gasteiger partial charge on any atom is 0.0978 e. The molecule has 0 aliphatic heterocycles. The first-order valence-electron chi connectivity index (χ1n) is 4.80. The van der Waals surface area contributed by atoms with Gasteiger partial charge in [-0.05, 0) is 20.8 Å². The average molecular weight is 260 g/mol. The van der Waals surface area contributed by atoms with Gasteiger partial charge in [0.15, 0.2) is 0 Å². The molecule has 0 amide bonds. The van der Waals surface area contributed by atoms with Gasteiger partial charge in [0.2, 0.25) is 0 Å². The number of aliphatic hydroxyl groups excluding tert-OH is 5. The van der Waals surface area contributed by atoms with Gasteiger partial charge in [0.25, 0.3) is 0 Å². The molecule has 6 nitrogen and oxygen atoms in total. The van der Waals surface area contributed by atoms with Crippen molar-refractivity contribution < 1.29 is 30.6 Å². The number of rotatable bonds is 3. The minimum Gasteiger partial charge on any atom is -0.394 e. The van der Waals surface area contributed by atoms with E-state index in [1.807, 2.05) is 0 Å². The van der Waals surface area contributed by atoms with Crippen LogP contribution in [0.3, 0.4) is 0 Å². The van der Waals surface area contributed by atoms with Crippen LogP contribution in [-0.4, -0.2) is 68.0 Å². The molecule has 0 aromatic carbocycles. The topological polar surface area (TPSA) is 121 Å². The van der Waals surface area contributed by atoms with Crippen LogP contribution in [0.1, 0.15) is 20.8 Å². The first-order valence-corrected chi connectivity index (χ1v) is 5.38. The largest absolute Gasteiger partial charge is 0.394 e. The maximum absolute atomic E-state index is 8.54. The Labute approximate surface area is 98.8 Å². The normalized spacial score (nSPS) is 16.9. The van der Waals surface area contributed by atoms with E-state index in [2.05, 4.69) is 9.24 Å². The van der Waals surface area contributed by atoms with Gasteiger partial charge in [-0.25, -0.2) is 0 Å². The minimum absolute atomic E-state index is 0.139. The summed E-state index contributed by atoms with van der Waals surface area (Å²) in [7, 11) is 2.10. The van der Waals surface area contributed by atoms with E-state index in [4.69, 9.17) is 30.6 Å². The molecule has 0 saturated heterocycles. The SMILES string of the molecule is CC(O)(P)CO.CC(O)CO.CC(O)CO. The first kappa shape index (κ1) is 21.5. The second-order valence-corrected chi connectivity index (χ2v) is 4.82. The van der Waals surface area contributed by atoms with Gasteiger partial charge in [0.05, 0.1) is 37.4 Å². The lowest BCUT2D eigenvalue weighted by atomic mass is 10.4. The van der Waals surface area contributed by atoms with Crippen LogP contribution >= 0.6 is 9.24 Å². The minimum atomic E-state index is -0.986. The average Bonchev–Trinajstić information content (AvgIpc) is 2.18. The van der Waals surface area contributed by atoms with Crippen molar-refractivity contribution >= 4 is 9.24 Å². The van der Waals surface area contributed by atoms with E-state index in [0.29, 0.717) is 0 Å². The molecule has 4 atom stereocenters. The molecule has 0 aliphatic rings. The van der Waals surface area contributed by atoms with Gasteiger partial charge in [0, 0.05) is 0 Å². The van der Waals surface area contributed by atoms with E-state index >= 15 is 0 Å². The fraction of sp³-hybridized carbons (Fsp3) is 1.00. The highest BCUT2D eigenvalue weighted by molar-refractivity contribution is 7.18. The summed E-state index contributed by atoms with van der Waals surface area (Å²) < 4.78 is 0. The van der Waals surface area contributed by atoms with E-state index in [1.54, 1.807) is 0 Å². The van der Waals surface area contributed by atoms with E-state index < -0.39 is 17.6 Å². The van der Waals surface area contributed by atoms with Gasteiger partial charge in [-0.1, -0.05) is 0 Å². The highest BCUT2D eigenvalue weighted by Gasteiger charge is 2.07.